The monoisotopic (exact) mass is 200 g/mol. The van der Waals surface area contributed by atoms with E-state index in [0.29, 0.717) is 11.0 Å². The Kier molecular flexibility index (Phi) is 3.58. The fourth-order valence-corrected chi connectivity index (χ4v) is 0.925. The number of hydrogen-bond donors (Lipinski definition) is 0. The molecule has 0 aliphatic heterocycles. The van der Waals surface area contributed by atoms with Crippen molar-refractivity contribution >= 4 is 23.6 Å². The van der Waals surface area contributed by atoms with Gasteiger partial charge in [-0.05, 0) is 29.8 Å². The van der Waals surface area contributed by atoms with Crippen molar-refractivity contribution in [3.05, 3.63) is 29.2 Å². The molecule has 0 radical (unpaired) electrons. The van der Waals surface area contributed by atoms with Crippen LogP contribution in [0, 0.1) is 0 Å². The number of carbonyl (C=O) groups is 1. The Morgan fingerprint density at radius 2 is 2.46 bits per heavy atom. The molecule has 1 aromatic heterocycles. The smallest absolute Gasteiger partial charge is 0.309 e. The zero-order valence-electron chi connectivity index (χ0n) is 7.12. The first-order valence-electron chi connectivity index (χ1n) is 3.71. The van der Waals surface area contributed by atoms with Crippen molar-refractivity contribution in [2.24, 2.45) is 0 Å². The zero-order chi connectivity index (χ0) is 9.68. The van der Waals surface area contributed by atoms with E-state index >= 15 is 0 Å². The second-order valence-electron chi connectivity index (χ2n) is 2.32. The molecule has 1 aromatic rings. The molecule has 4 heteroatoms. The van der Waals surface area contributed by atoms with Gasteiger partial charge in [0.25, 0.3) is 0 Å². The van der Waals surface area contributed by atoms with E-state index in [2.05, 4.69) is 4.74 Å². The average molecular weight is 201 g/mol. The molecule has 0 aliphatic carbocycles. The van der Waals surface area contributed by atoms with Gasteiger partial charge in [-0.25, -0.2) is 0 Å². The Balaban J connectivity index is 2.45. The molecule has 13 heavy (non-hydrogen) atoms. The van der Waals surface area contributed by atoms with Crippen LogP contribution in [0.4, 0.5) is 0 Å². The third-order valence-corrected chi connectivity index (χ3v) is 1.59. The zero-order valence-corrected chi connectivity index (χ0v) is 7.88. The Morgan fingerprint density at radius 1 is 1.69 bits per heavy atom. The van der Waals surface area contributed by atoms with Crippen LogP contribution < -0.4 is 0 Å². The molecule has 0 saturated heterocycles. The lowest BCUT2D eigenvalue weighted by Crippen LogP contribution is -1.96. The van der Waals surface area contributed by atoms with Crippen LogP contribution in [0.1, 0.15) is 12.2 Å². The summed E-state index contributed by atoms with van der Waals surface area (Å²) in [5, 5.41) is 0.331. The summed E-state index contributed by atoms with van der Waals surface area (Å²) < 4.78 is 9.47. The summed E-state index contributed by atoms with van der Waals surface area (Å²) in [5.41, 5.74) is 0. The lowest BCUT2D eigenvalue weighted by atomic mass is 10.3. The predicted octanol–water partition coefficient (Wildman–Crippen LogP) is 2.51. The predicted molar refractivity (Wildman–Crippen MR) is 49.4 cm³/mol. The highest BCUT2D eigenvalue weighted by molar-refractivity contribution is 6.28. The van der Waals surface area contributed by atoms with Gasteiger partial charge in [-0.3, -0.25) is 4.79 Å². The molecule has 0 aromatic carbocycles. The highest BCUT2D eigenvalue weighted by Crippen LogP contribution is 2.14. The highest BCUT2D eigenvalue weighted by Gasteiger charge is 1.96. The van der Waals surface area contributed by atoms with Crippen LogP contribution in [0.2, 0.25) is 5.22 Å². The third kappa shape index (κ3) is 3.34. The first-order chi connectivity index (χ1) is 6.22. The molecule has 0 fully saturated rings. The summed E-state index contributed by atoms with van der Waals surface area (Å²) in [6.45, 7) is 0. The van der Waals surface area contributed by atoms with E-state index < -0.39 is 0 Å². The number of furan rings is 1. The average Bonchev–Trinajstić information content (AvgIpc) is 2.51. The number of rotatable bonds is 3. The van der Waals surface area contributed by atoms with Crippen molar-refractivity contribution < 1.29 is 13.9 Å². The molecule has 0 bridgehead atoms. The van der Waals surface area contributed by atoms with E-state index in [4.69, 9.17) is 16.0 Å². The number of hydrogen-bond acceptors (Lipinski definition) is 3. The quantitative estimate of drug-likeness (QED) is 0.704. The molecular weight excluding hydrogens is 192 g/mol. The maximum Gasteiger partial charge on any atom is 0.309 e. The van der Waals surface area contributed by atoms with Crippen LogP contribution in [0.3, 0.4) is 0 Å². The second-order valence-corrected chi connectivity index (χ2v) is 2.70. The van der Waals surface area contributed by atoms with Gasteiger partial charge in [0.2, 0.25) is 0 Å². The fourth-order valence-electron chi connectivity index (χ4n) is 0.772. The normalized spacial score (nSPS) is 10.6. The molecular formula is C9H9ClO3. The van der Waals surface area contributed by atoms with E-state index in [-0.39, 0.29) is 12.4 Å². The molecule has 0 atom stereocenters. The minimum absolute atomic E-state index is 0.231. The first kappa shape index (κ1) is 9.86. The van der Waals surface area contributed by atoms with Gasteiger partial charge >= 0.3 is 5.97 Å². The molecule has 1 heterocycles. The first-order valence-corrected chi connectivity index (χ1v) is 4.09. The van der Waals surface area contributed by atoms with Gasteiger partial charge in [0.05, 0.1) is 13.5 Å². The number of methoxy groups -OCH3 is 1. The molecule has 0 saturated carbocycles. The molecule has 1 rings (SSSR count). The number of carbonyl (C=O) groups excluding carboxylic acids is 1. The Hall–Kier alpha value is -1.22. The summed E-state index contributed by atoms with van der Waals surface area (Å²) >= 11 is 5.54. The van der Waals surface area contributed by atoms with E-state index in [1.807, 2.05) is 0 Å². The van der Waals surface area contributed by atoms with Crippen molar-refractivity contribution in [2.45, 2.75) is 6.42 Å². The minimum atomic E-state index is -0.283. The largest absolute Gasteiger partial charge is 0.469 e. The third-order valence-electron chi connectivity index (χ3n) is 1.39. The lowest BCUT2D eigenvalue weighted by Gasteiger charge is -1.90. The molecule has 0 N–H and O–H groups in total. The van der Waals surface area contributed by atoms with Crippen molar-refractivity contribution in [3.8, 4) is 0 Å². The molecule has 0 spiro atoms. The van der Waals surface area contributed by atoms with Gasteiger partial charge < -0.3 is 9.15 Å². The minimum Gasteiger partial charge on any atom is -0.469 e. The van der Waals surface area contributed by atoms with Crippen LogP contribution in [0.5, 0.6) is 0 Å². The van der Waals surface area contributed by atoms with Gasteiger partial charge in [0, 0.05) is 0 Å². The molecule has 0 unspecified atom stereocenters. The SMILES string of the molecule is COC(=O)C/C=C\c1ccc(Cl)o1. The standard InChI is InChI=1S/C9H9ClO3/c1-12-9(11)4-2-3-7-5-6-8(10)13-7/h2-3,5-6H,4H2,1H3/b3-2-. The van der Waals surface area contributed by atoms with Crippen LogP contribution in [0.25, 0.3) is 6.08 Å². The Morgan fingerprint density at radius 3 is 3.00 bits per heavy atom. The number of halogens is 1. The van der Waals surface area contributed by atoms with Gasteiger partial charge in [0.1, 0.15) is 5.76 Å². The van der Waals surface area contributed by atoms with Crippen LogP contribution in [-0.4, -0.2) is 13.1 Å². The van der Waals surface area contributed by atoms with Crippen molar-refractivity contribution in [2.75, 3.05) is 7.11 Å². The molecule has 70 valence electrons. The second kappa shape index (κ2) is 4.72. The topological polar surface area (TPSA) is 39.4 Å². The van der Waals surface area contributed by atoms with Gasteiger partial charge in [0.15, 0.2) is 5.22 Å². The Labute approximate surface area is 80.9 Å². The van der Waals surface area contributed by atoms with Gasteiger partial charge in [-0.2, -0.15) is 0 Å². The number of ether oxygens (including phenoxy) is 1. The summed E-state index contributed by atoms with van der Waals surface area (Å²) in [6.07, 6.45) is 3.55. The van der Waals surface area contributed by atoms with E-state index in [9.17, 15) is 4.79 Å². The molecule has 0 aliphatic rings. The summed E-state index contributed by atoms with van der Waals surface area (Å²) in [6, 6.07) is 3.36. The van der Waals surface area contributed by atoms with Crippen molar-refractivity contribution in [1.29, 1.82) is 0 Å². The highest BCUT2D eigenvalue weighted by atomic mass is 35.5. The van der Waals surface area contributed by atoms with Crippen molar-refractivity contribution in [1.82, 2.24) is 0 Å². The summed E-state index contributed by atoms with van der Waals surface area (Å²) in [7, 11) is 1.35. The number of esters is 1. The fraction of sp³-hybridized carbons (Fsp3) is 0.222. The van der Waals surface area contributed by atoms with Gasteiger partial charge in [-0.1, -0.05) is 6.08 Å². The van der Waals surface area contributed by atoms with Gasteiger partial charge in [-0.15, -0.1) is 0 Å². The molecule has 0 amide bonds. The maximum atomic E-state index is 10.7. The maximum absolute atomic E-state index is 10.7. The van der Waals surface area contributed by atoms with E-state index in [0.717, 1.165) is 0 Å². The lowest BCUT2D eigenvalue weighted by molar-refractivity contribution is -0.139. The van der Waals surface area contributed by atoms with E-state index in [1.54, 1.807) is 24.3 Å². The Bertz CT molecular complexity index is 314. The van der Waals surface area contributed by atoms with Crippen LogP contribution >= 0.6 is 11.6 Å². The van der Waals surface area contributed by atoms with Crippen LogP contribution in [-0.2, 0) is 9.53 Å². The molecule has 3 nitrogen and oxygen atoms in total. The van der Waals surface area contributed by atoms with Crippen LogP contribution in [0.15, 0.2) is 22.6 Å². The summed E-state index contributed by atoms with van der Waals surface area (Å²) in [5.74, 6) is 0.336. The van der Waals surface area contributed by atoms with Crippen molar-refractivity contribution in [3.63, 3.8) is 0 Å². The van der Waals surface area contributed by atoms with E-state index in [1.165, 1.54) is 7.11 Å². The summed E-state index contributed by atoms with van der Waals surface area (Å²) in [4.78, 5) is 10.7.